The fourth-order valence-electron chi connectivity index (χ4n) is 3.23. The molecule has 156 valence electrons. The molecule has 1 N–H and O–H groups in total. The maximum atomic E-state index is 11.8. The van der Waals surface area contributed by atoms with Gasteiger partial charge in [-0.25, -0.2) is 4.98 Å². The lowest BCUT2D eigenvalue weighted by atomic mass is 10.1. The summed E-state index contributed by atoms with van der Waals surface area (Å²) in [4.78, 5) is 27.6. The largest absolute Gasteiger partial charge is 0.481 e. The number of carboxylic acid groups (broad SMARTS) is 1. The molecule has 0 amide bonds. The molecule has 0 saturated carbocycles. The van der Waals surface area contributed by atoms with Gasteiger partial charge in [-0.1, -0.05) is 61.0 Å². The van der Waals surface area contributed by atoms with Crippen LogP contribution < -0.4 is 4.74 Å². The predicted molar refractivity (Wildman–Crippen MR) is 115 cm³/mol. The summed E-state index contributed by atoms with van der Waals surface area (Å²) in [6, 6.07) is 15.0. The van der Waals surface area contributed by atoms with Crippen LogP contribution in [0.5, 0.6) is 5.75 Å². The van der Waals surface area contributed by atoms with Crippen LogP contribution in [0.3, 0.4) is 0 Å². The van der Waals surface area contributed by atoms with Gasteiger partial charge in [0.1, 0.15) is 11.6 Å². The molecule has 0 fully saturated rings. The Morgan fingerprint density at radius 3 is 2.53 bits per heavy atom. The number of esters is 1. The second-order valence-electron chi connectivity index (χ2n) is 7.02. The number of nitrogens with zero attached hydrogens (tertiary/aromatic N) is 2. The zero-order valence-electron chi connectivity index (χ0n) is 16.9. The van der Waals surface area contributed by atoms with Gasteiger partial charge in [-0.2, -0.15) is 0 Å². The van der Waals surface area contributed by atoms with Gasteiger partial charge in [-0.3, -0.25) is 9.59 Å². The minimum absolute atomic E-state index is 0.179. The Kier molecular flexibility index (Phi) is 6.90. The number of aliphatic carboxylic acids is 1. The molecule has 0 aliphatic heterocycles. The van der Waals surface area contributed by atoms with Gasteiger partial charge < -0.3 is 14.4 Å². The Balaban J connectivity index is 1.96. The molecule has 0 aliphatic rings. The van der Waals surface area contributed by atoms with Crippen molar-refractivity contribution >= 4 is 23.5 Å². The maximum absolute atomic E-state index is 11.8. The smallest absolute Gasteiger partial charge is 0.311 e. The van der Waals surface area contributed by atoms with E-state index < -0.39 is 5.97 Å². The number of ether oxygens (including phenoxy) is 1. The molecule has 0 unspecified atom stereocenters. The Morgan fingerprint density at radius 1 is 1.17 bits per heavy atom. The minimum Gasteiger partial charge on any atom is -0.481 e. The number of imidazole rings is 1. The van der Waals surface area contributed by atoms with Crippen molar-refractivity contribution in [1.29, 1.82) is 0 Å². The number of halogens is 1. The van der Waals surface area contributed by atoms with Crippen LogP contribution in [0.4, 0.5) is 0 Å². The third-order valence-corrected chi connectivity index (χ3v) is 4.93. The first-order chi connectivity index (χ1) is 14.4. The normalized spacial score (nSPS) is 10.8. The number of carboxylic acids is 1. The lowest BCUT2D eigenvalue weighted by Gasteiger charge is -2.14. The van der Waals surface area contributed by atoms with Crippen LogP contribution in [0, 0.1) is 6.92 Å². The predicted octanol–water partition coefficient (Wildman–Crippen LogP) is 4.89. The van der Waals surface area contributed by atoms with Crippen LogP contribution in [-0.4, -0.2) is 26.6 Å². The van der Waals surface area contributed by atoms with E-state index in [4.69, 9.17) is 16.3 Å². The van der Waals surface area contributed by atoms with Crippen LogP contribution >= 0.6 is 11.6 Å². The van der Waals surface area contributed by atoms with Crippen LogP contribution in [-0.2, 0) is 22.6 Å². The Morgan fingerprint density at radius 2 is 1.90 bits per heavy atom. The molecule has 6 nitrogen and oxygen atoms in total. The number of aryl methyl sites for hydroxylation is 1. The summed E-state index contributed by atoms with van der Waals surface area (Å²) in [7, 11) is 0. The number of aromatic nitrogens is 2. The Hall–Kier alpha value is -3.12. The summed E-state index contributed by atoms with van der Waals surface area (Å²) in [5.74, 6) is -0.111. The SMILES string of the molecule is CCCC(=O)Oc1ccc(Cn2c(-c3ccccc3)nc(Cl)c2CC(=O)O)cc1C. The molecule has 7 heteroatoms. The lowest BCUT2D eigenvalue weighted by Crippen LogP contribution is -2.11. The Labute approximate surface area is 180 Å². The van der Waals surface area contributed by atoms with E-state index in [0.29, 0.717) is 30.2 Å². The van der Waals surface area contributed by atoms with Gasteiger partial charge >= 0.3 is 11.9 Å². The molecule has 0 spiro atoms. The van der Waals surface area contributed by atoms with Crippen LogP contribution in [0.2, 0.25) is 5.15 Å². The van der Waals surface area contributed by atoms with Crippen molar-refractivity contribution in [2.24, 2.45) is 0 Å². The first-order valence-electron chi connectivity index (χ1n) is 9.71. The number of hydrogen-bond donors (Lipinski definition) is 1. The van der Waals surface area contributed by atoms with Crippen molar-refractivity contribution < 1.29 is 19.4 Å². The number of carbonyl (C=O) groups is 2. The highest BCUT2D eigenvalue weighted by atomic mass is 35.5. The number of rotatable bonds is 8. The van der Waals surface area contributed by atoms with Gasteiger partial charge in [0, 0.05) is 18.5 Å². The second kappa shape index (κ2) is 9.59. The summed E-state index contributed by atoms with van der Waals surface area (Å²) >= 11 is 6.30. The molecule has 30 heavy (non-hydrogen) atoms. The maximum Gasteiger partial charge on any atom is 0.311 e. The summed E-state index contributed by atoms with van der Waals surface area (Å²) in [6.07, 6.45) is 0.865. The highest BCUT2D eigenvalue weighted by Gasteiger charge is 2.20. The van der Waals surface area contributed by atoms with Gasteiger partial charge in [0.25, 0.3) is 0 Å². The molecular formula is C23H23ClN2O4. The van der Waals surface area contributed by atoms with Gasteiger partial charge in [0.05, 0.1) is 12.1 Å². The number of hydrogen-bond acceptors (Lipinski definition) is 4. The summed E-state index contributed by atoms with van der Waals surface area (Å²) < 4.78 is 7.23. The molecule has 1 heterocycles. The second-order valence-corrected chi connectivity index (χ2v) is 7.38. The van der Waals surface area contributed by atoms with E-state index in [9.17, 15) is 14.7 Å². The third kappa shape index (κ3) is 5.07. The molecule has 0 radical (unpaired) electrons. The third-order valence-electron chi connectivity index (χ3n) is 4.63. The molecule has 0 saturated heterocycles. The molecule has 2 aromatic carbocycles. The van der Waals surface area contributed by atoms with E-state index in [0.717, 1.165) is 23.1 Å². The lowest BCUT2D eigenvalue weighted by molar-refractivity contribution is -0.136. The number of benzene rings is 2. The monoisotopic (exact) mass is 426 g/mol. The Bertz CT molecular complexity index is 1060. The van der Waals surface area contributed by atoms with E-state index in [-0.39, 0.29) is 17.5 Å². The van der Waals surface area contributed by atoms with E-state index in [1.165, 1.54) is 0 Å². The topological polar surface area (TPSA) is 81.4 Å². The zero-order valence-corrected chi connectivity index (χ0v) is 17.6. The molecule has 0 aliphatic carbocycles. The molecule has 1 aromatic heterocycles. The van der Waals surface area contributed by atoms with Gasteiger partial charge in [-0.15, -0.1) is 0 Å². The van der Waals surface area contributed by atoms with E-state index in [1.54, 1.807) is 6.07 Å². The van der Waals surface area contributed by atoms with E-state index in [1.807, 2.05) is 60.9 Å². The summed E-state index contributed by atoms with van der Waals surface area (Å²) in [5, 5.41) is 9.50. The van der Waals surface area contributed by atoms with Crippen molar-refractivity contribution in [3.63, 3.8) is 0 Å². The quantitative estimate of drug-likeness (QED) is 0.409. The van der Waals surface area contributed by atoms with Gasteiger partial charge in [-0.05, 0) is 30.5 Å². The van der Waals surface area contributed by atoms with Crippen molar-refractivity contribution in [2.75, 3.05) is 0 Å². The summed E-state index contributed by atoms with van der Waals surface area (Å²) in [6.45, 7) is 4.18. The average Bonchev–Trinajstić information content (AvgIpc) is 3.00. The average molecular weight is 427 g/mol. The fourth-order valence-corrected chi connectivity index (χ4v) is 3.48. The summed E-state index contributed by atoms with van der Waals surface area (Å²) in [5.41, 5.74) is 3.03. The fraction of sp³-hybridized carbons (Fsp3) is 0.261. The van der Waals surface area contributed by atoms with E-state index in [2.05, 4.69) is 4.98 Å². The molecule has 0 bridgehead atoms. The highest BCUT2D eigenvalue weighted by Crippen LogP contribution is 2.28. The van der Waals surface area contributed by atoms with Gasteiger partial charge in [0.2, 0.25) is 0 Å². The molecule has 0 atom stereocenters. The number of carbonyl (C=O) groups excluding carboxylic acids is 1. The van der Waals surface area contributed by atoms with E-state index >= 15 is 0 Å². The van der Waals surface area contributed by atoms with Crippen LogP contribution in [0.1, 0.15) is 36.6 Å². The van der Waals surface area contributed by atoms with Gasteiger partial charge in [0.15, 0.2) is 5.15 Å². The van der Waals surface area contributed by atoms with Crippen LogP contribution in [0.15, 0.2) is 48.5 Å². The first-order valence-corrected chi connectivity index (χ1v) is 10.1. The highest BCUT2D eigenvalue weighted by molar-refractivity contribution is 6.30. The van der Waals surface area contributed by atoms with Crippen molar-refractivity contribution in [1.82, 2.24) is 9.55 Å². The molecule has 3 aromatic rings. The van der Waals surface area contributed by atoms with Crippen molar-refractivity contribution in [2.45, 2.75) is 39.7 Å². The van der Waals surface area contributed by atoms with Crippen molar-refractivity contribution in [3.05, 3.63) is 70.5 Å². The minimum atomic E-state index is -0.980. The standard InChI is InChI=1S/C23H23ClN2O4/c1-3-7-21(29)30-19-11-10-16(12-15(19)2)14-26-18(13-20(27)28)22(24)25-23(26)17-8-5-4-6-9-17/h4-6,8-12H,3,7,13-14H2,1-2H3,(H,27,28). The molecular weight excluding hydrogens is 404 g/mol. The first kappa shape index (κ1) is 21.6. The zero-order chi connectivity index (χ0) is 21.7. The van der Waals surface area contributed by atoms with Crippen LogP contribution in [0.25, 0.3) is 11.4 Å². The molecule has 3 rings (SSSR count). The van der Waals surface area contributed by atoms with Crippen molar-refractivity contribution in [3.8, 4) is 17.1 Å².